The highest BCUT2D eigenvalue weighted by atomic mass is 16.5. The third-order valence-corrected chi connectivity index (χ3v) is 0.827. The number of carbonyl (C=O) groups excluding carboxylic acids is 1. The number of hydrogen-bond acceptors (Lipinski definition) is 2. The van der Waals surface area contributed by atoms with Crippen LogP contribution < -0.4 is 5.73 Å². The minimum Gasteiger partial charge on any atom is -0.381 e. The number of amides is 1. The fourth-order valence-corrected chi connectivity index (χ4v) is 0.510. The SMILES string of the molecule is C1CCOC1.NC=O. The Morgan fingerprint density at radius 1 is 1.38 bits per heavy atom. The molecule has 0 atom stereocenters. The zero-order valence-electron chi connectivity index (χ0n) is 4.80. The predicted octanol–water partition coefficient (Wildman–Crippen LogP) is -0.102. The van der Waals surface area contributed by atoms with E-state index >= 15 is 0 Å². The van der Waals surface area contributed by atoms with Gasteiger partial charge in [0.1, 0.15) is 0 Å². The molecule has 48 valence electrons. The second kappa shape index (κ2) is 6.43. The van der Waals surface area contributed by atoms with E-state index in [1.54, 1.807) is 0 Å². The van der Waals surface area contributed by atoms with Gasteiger partial charge in [0.25, 0.3) is 0 Å². The quantitative estimate of drug-likeness (QED) is 0.450. The summed E-state index contributed by atoms with van der Waals surface area (Å²) in [7, 11) is 0. The standard InChI is InChI=1S/C4H8O.CH3NO/c1-2-4-5-3-1;2-1-3/h1-4H2;1H,(H2,2,3). The third kappa shape index (κ3) is 5.43. The molecule has 8 heavy (non-hydrogen) atoms. The van der Waals surface area contributed by atoms with Crippen molar-refractivity contribution in [1.82, 2.24) is 0 Å². The lowest BCUT2D eigenvalue weighted by atomic mass is 10.4. The Hall–Kier alpha value is -0.570. The van der Waals surface area contributed by atoms with Gasteiger partial charge in [0.15, 0.2) is 0 Å². The molecule has 1 fully saturated rings. The first-order valence-corrected chi connectivity index (χ1v) is 2.65. The second-order valence-corrected chi connectivity index (χ2v) is 1.46. The van der Waals surface area contributed by atoms with E-state index in [-0.39, 0.29) is 6.41 Å². The first-order valence-electron chi connectivity index (χ1n) is 2.65. The fourth-order valence-electron chi connectivity index (χ4n) is 0.510. The summed E-state index contributed by atoms with van der Waals surface area (Å²) in [5.41, 5.74) is 4.17. The average Bonchev–Trinajstić information content (AvgIpc) is 2.17. The van der Waals surface area contributed by atoms with Crippen LogP contribution in [0.5, 0.6) is 0 Å². The molecule has 1 rings (SSSR count). The lowest BCUT2D eigenvalue weighted by Gasteiger charge is -1.76. The van der Waals surface area contributed by atoms with Crippen LogP contribution >= 0.6 is 0 Å². The summed E-state index contributed by atoms with van der Waals surface area (Å²) in [6.45, 7) is 2.00. The van der Waals surface area contributed by atoms with Crippen molar-refractivity contribution in [3.8, 4) is 0 Å². The molecule has 2 N–H and O–H groups in total. The number of ether oxygens (including phenoxy) is 1. The summed E-state index contributed by atoms with van der Waals surface area (Å²) in [6, 6.07) is 0. The maximum Gasteiger partial charge on any atom is 0.204 e. The van der Waals surface area contributed by atoms with E-state index in [2.05, 4.69) is 5.73 Å². The maximum atomic E-state index is 8.58. The summed E-state index contributed by atoms with van der Waals surface area (Å²) >= 11 is 0. The Morgan fingerprint density at radius 2 is 1.75 bits per heavy atom. The van der Waals surface area contributed by atoms with Crippen molar-refractivity contribution < 1.29 is 9.53 Å². The normalized spacial score (nSPS) is 16.5. The second-order valence-electron chi connectivity index (χ2n) is 1.46. The molecule has 0 radical (unpaired) electrons. The minimum atomic E-state index is 0.250. The summed E-state index contributed by atoms with van der Waals surface area (Å²) in [4.78, 5) is 8.58. The molecular formula is C5H11NO2. The summed E-state index contributed by atoms with van der Waals surface area (Å²) < 4.78 is 4.94. The smallest absolute Gasteiger partial charge is 0.204 e. The zero-order chi connectivity index (χ0) is 6.24. The molecule has 0 aromatic heterocycles. The van der Waals surface area contributed by atoms with E-state index in [0.29, 0.717) is 0 Å². The first-order chi connectivity index (χ1) is 3.91. The molecule has 0 spiro atoms. The van der Waals surface area contributed by atoms with E-state index in [4.69, 9.17) is 9.53 Å². The molecule has 0 bridgehead atoms. The molecule has 0 unspecified atom stereocenters. The van der Waals surface area contributed by atoms with E-state index in [0.717, 1.165) is 13.2 Å². The lowest BCUT2D eigenvalue weighted by Crippen LogP contribution is -1.82. The van der Waals surface area contributed by atoms with Gasteiger partial charge in [0.05, 0.1) is 0 Å². The van der Waals surface area contributed by atoms with Crippen LogP contribution in [-0.2, 0) is 9.53 Å². The van der Waals surface area contributed by atoms with Gasteiger partial charge in [0, 0.05) is 13.2 Å². The van der Waals surface area contributed by atoms with E-state index in [1.807, 2.05) is 0 Å². The van der Waals surface area contributed by atoms with Gasteiger partial charge < -0.3 is 10.5 Å². The van der Waals surface area contributed by atoms with Gasteiger partial charge in [-0.2, -0.15) is 0 Å². The van der Waals surface area contributed by atoms with Crippen molar-refractivity contribution in [2.45, 2.75) is 12.8 Å². The number of carbonyl (C=O) groups is 1. The molecule has 0 aromatic carbocycles. The van der Waals surface area contributed by atoms with Gasteiger partial charge >= 0.3 is 0 Å². The molecule has 1 heterocycles. The summed E-state index contributed by atoms with van der Waals surface area (Å²) in [6.07, 6.45) is 2.81. The Bertz CT molecular complexity index is 44.8. The monoisotopic (exact) mass is 117 g/mol. The van der Waals surface area contributed by atoms with E-state index < -0.39 is 0 Å². The predicted molar refractivity (Wildman–Crippen MR) is 30.3 cm³/mol. The minimum absolute atomic E-state index is 0.250. The van der Waals surface area contributed by atoms with Crippen LogP contribution in [0.4, 0.5) is 0 Å². The van der Waals surface area contributed by atoms with Crippen LogP contribution in [0.1, 0.15) is 12.8 Å². The van der Waals surface area contributed by atoms with Crippen LogP contribution in [0.25, 0.3) is 0 Å². The largest absolute Gasteiger partial charge is 0.381 e. The first kappa shape index (κ1) is 7.43. The van der Waals surface area contributed by atoms with Gasteiger partial charge in [0.2, 0.25) is 6.41 Å². The van der Waals surface area contributed by atoms with Gasteiger partial charge in [-0.1, -0.05) is 0 Å². The van der Waals surface area contributed by atoms with Gasteiger partial charge in [-0.15, -0.1) is 0 Å². The van der Waals surface area contributed by atoms with Crippen molar-refractivity contribution >= 4 is 6.41 Å². The van der Waals surface area contributed by atoms with Crippen molar-refractivity contribution in [3.05, 3.63) is 0 Å². The lowest BCUT2D eigenvalue weighted by molar-refractivity contribution is -0.106. The average molecular weight is 117 g/mol. The van der Waals surface area contributed by atoms with Gasteiger partial charge in [-0.05, 0) is 12.8 Å². The highest BCUT2D eigenvalue weighted by Gasteiger charge is 1.94. The molecule has 1 amide bonds. The Kier molecular flexibility index (Phi) is 5.97. The van der Waals surface area contributed by atoms with Crippen LogP contribution in [0.3, 0.4) is 0 Å². The van der Waals surface area contributed by atoms with Crippen LogP contribution in [0.2, 0.25) is 0 Å². The zero-order valence-corrected chi connectivity index (χ0v) is 4.80. The molecule has 0 aromatic rings. The summed E-state index contributed by atoms with van der Waals surface area (Å²) in [5.74, 6) is 0. The molecule has 3 heteroatoms. The highest BCUT2D eigenvalue weighted by molar-refractivity contribution is 5.42. The topological polar surface area (TPSA) is 52.3 Å². The third-order valence-electron chi connectivity index (χ3n) is 0.827. The Balaban J connectivity index is 0.000000145. The van der Waals surface area contributed by atoms with Crippen molar-refractivity contribution in [3.63, 3.8) is 0 Å². The molecule has 0 aliphatic carbocycles. The molecule has 1 saturated heterocycles. The number of primary amides is 1. The highest BCUT2D eigenvalue weighted by Crippen LogP contribution is 1.98. The number of nitrogens with two attached hydrogens (primary N) is 1. The van der Waals surface area contributed by atoms with Gasteiger partial charge in [-0.3, -0.25) is 4.79 Å². The number of hydrogen-bond donors (Lipinski definition) is 1. The molecule has 0 saturated carbocycles. The molecule has 1 aliphatic rings. The fraction of sp³-hybridized carbons (Fsp3) is 0.800. The van der Waals surface area contributed by atoms with Gasteiger partial charge in [-0.25, -0.2) is 0 Å². The van der Waals surface area contributed by atoms with E-state index in [9.17, 15) is 0 Å². The Labute approximate surface area is 48.8 Å². The van der Waals surface area contributed by atoms with Crippen molar-refractivity contribution in [2.24, 2.45) is 5.73 Å². The van der Waals surface area contributed by atoms with Crippen molar-refractivity contribution in [2.75, 3.05) is 13.2 Å². The van der Waals surface area contributed by atoms with Crippen LogP contribution in [-0.4, -0.2) is 19.6 Å². The molecule has 1 aliphatic heterocycles. The van der Waals surface area contributed by atoms with Crippen molar-refractivity contribution in [1.29, 1.82) is 0 Å². The molecule has 3 nitrogen and oxygen atoms in total. The maximum absolute atomic E-state index is 8.58. The van der Waals surface area contributed by atoms with E-state index in [1.165, 1.54) is 12.8 Å². The number of rotatable bonds is 0. The molecular weight excluding hydrogens is 106 g/mol. The summed E-state index contributed by atoms with van der Waals surface area (Å²) in [5, 5.41) is 0. The Morgan fingerprint density at radius 3 is 1.88 bits per heavy atom. The van der Waals surface area contributed by atoms with Crippen LogP contribution in [0, 0.1) is 0 Å². The van der Waals surface area contributed by atoms with Crippen LogP contribution in [0.15, 0.2) is 0 Å².